The van der Waals surface area contributed by atoms with Gasteiger partial charge in [-0.3, -0.25) is 14.9 Å². The molecule has 25 heavy (non-hydrogen) atoms. The van der Waals surface area contributed by atoms with Crippen LogP contribution in [-0.4, -0.2) is 70.8 Å². The first-order valence-corrected chi connectivity index (χ1v) is 8.64. The lowest BCUT2D eigenvalue weighted by Gasteiger charge is -2.38. The number of likely N-dealkylation sites (tertiary alicyclic amines) is 1. The molecule has 2 heterocycles. The number of rotatable bonds is 2. The van der Waals surface area contributed by atoms with E-state index in [4.69, 9.17) is 0 Å². The molecule has 1 aromatic carbocycles. The Balaban J connectivity index is 1.61. The number of piperidine rings is 1. The first kappa shape index (κ1) is 17.2. The van der Waals surface area contributed by atoms with Gasteiger partial charge in [0.05, 0.1) is 4.92 Å². The molecule has 8 nitrogen and oxygen atoms in total. The van der Waals surface area contributed by atoms with Crippen LogP contribution in [-0.2, 0) is 0 Å². The van der Waals surface area contributed by atoms with Crippen LogP contribution in [0.3, 0.4) is 0 Å². The molecule has 0 saturated carbocycles. The molecule has 0 radical (unpaired) electrons. The van der Waals surface area contributed by atoms with Crippen molar-refractivity contribution < 1.29 is 14.5 Å². The average Bonchev–Trinajstić information content (AvgIpc) is 2.67. The fourth-order valence-corrected chi connectivity index (χ4v) is 3.37. The van der Waals surface area contributed by atoms with Gasteiger partial charge in [0.2, 0.25) is 0 Å². The van der Waals surface area contributed by atoms with E-state index in [-0.39, 0.29) is 23.2 Å². The van der Waals surface area contributed by atoms with Crippen molar-refractivity contribution in [2.45, 2.75) is 19.3 Å². The summed E-state index contributed by atoms with van der Waals surface area (Å²) in [6, 6.07) is 6.02. The van der Waals surface area contributed by atoms with Crippen molar-refractivity contribution in [3.8, 4) is 0 Å². The summed E-state index contributed by atoms with van der Waals surface area (Å²) in [4.78, 5) is 40.9. The highest BCUT2D eigenvalue weighted by molar-refractivity contribution is 5.98. The van der Waals surface area contributed by atoms with Crippen molar-refractivity contribution >= 4 is 17.6 Å². The summed E-state index contributed by atoms with van der Waals surface area (Å²) in [5.41, 5.74) is -0.0809. The van der Waals surface area contributed by atoms with E-state index < -0.39 is 4.92 Å². The van der Waals surface area contributed by atoms with Gasteiger partial charge in [0.25, 0.3) is 11.6 Å². The number of carbonyl (C=O) groups is 2. The predicted octanol–water partition coefficient (Wildman–Crippen LogP) is 1.96. The van der Waals surface area contributed by atoms with Gasteiger partial charge >= 0.3 is 6.03 Å². The van der Waals surface area contributed by atoms with Crippen molar-refractivity contribution in [2.24, 2.45) is 0 Å². The molecule has 134 valence electrons. The summed E-state index contributed by atoms with van der Waals surface area (Å²) in [6.45, 7) is 3.31. The maximum atomic E-state index is 12.6. The van der Waals surface area contributed by atoms with E-state index in [1.54, 1.807) is 21.9 Å². The van der Waals surface area contributed by atoms with Gasteiger partial charge in [-0.2, -0.15) is 0 Å². The number of para-hydroxylation sites is 1. The molecule has 2 fully saturated rings. The number of nitro benzene ring substituents is 1. The van der Waals surface area contributed by atoms with Crippen LogP contribution in [0.5, 0.6) is 0 Å². The van der Waals surface area contributed by atoms with Crippen molar-refractivity contribution in [1.82, 2.24) is 14.7 Å². The van der Waals surface area contributed by atoms with E-state index in [1.807, 2.05) is 4.90 Å². The lowest BCUT2D eigenvalue weighted by atomic mass is 10.1. The van der Waals surface area contributed by atoms with E-state index in [0.29, 0.717) is 26.2 Å². The zero-order chi connectivity index (χ0) is 17.8. The van der Waals surface area contributed by atoms with Crippen molar-refractivity contribution in [1.29, 1.82) is 0 Å². The van der Waals surface area contributed by atoms with Crippen LogP contribution in [0.1, 0.15) is 29.6 Å². The van der Waals surface area contributed by atoms with Crippen LogP contribution in [0.15, 0.2) is 24.3 Å². The Bertz CT molecular complexity index is 664. The number of nitro groups is 1. The Morgan fingerprint density at radius 2 is 1.40 bits per heavy atom. The van der Waals surface area contributed by atoms with Crippen molar-refractivity contribution in [3.63, 3.8) is 0 Å². The van der Waals surface area contributed by atoms with Crippen LogP contribution < -0.4 is 0 Å². The monoisotopic (exact) mass is 346 g/mol. The molecule has 3 amide bonds. The van der Waals surface area contributed by atoms with Gasteiger partial charge in [-0.15, -0.1) is 0 Å². The molecule has 1 aromatic rings. The second-order valence-corrected chi connectivity index (χ2v) is 6.38. The molecule has 0 spiro atoms. The topological polar surface area (TPSA) is 87.0 Å². The third-order valence-corrected chi connectivity index (χ3v) is 4.80. The van der Waals surface area contributed by atoms with Crippen LogP contribution in [0, 0.1) is 10.1 Å². The Morgan fingerprint density at radius 3 is 2.04 bits per heavy atom. The molecule has 0 N–H and O–H groups in total. The third-order valence-electron chi connectivity index (χ3n) is 4.80. The van der Waals surface area contributed by atoms with Crippen LogP contribution in [0.4, 0.5) is 10.5 Å². The predicted molar refractivity (Wildman–Crippen MR) is 91.4 cm³/mol. The number of urea groups is 1. The molecule has 2 aliphatic heterocycles. The van der Waals surface area contributed by atoms with Gasteiger partial charge in [0.1, 0.15) is 5.56 Å². The summed E-state index contributed by atoms with van der Waals surface area (Å²) in [5, 5.41) is 11.1. The summed E-state index contributed by atoms with van der Waals surface area (Å²) >= 11 is 0. The first-order valence-electron chi connectivity index (χ1n) is 8.64. The molecule has 0 aliphatic carbocycles. The molecule has 3 rings (SSSR count). The highest BCUT2D eigenvalue weighted by atomic mass is 16.6. The minimum atomic E-state index is -0.538. The average molecular weight is 346 g/mol. The van der Waals surface area contributed by atoms with E-state index in [9.17, 15) is 19.7 Å². The summed E-state index contributed by atoms with van der Waals surface area (Å²) in [7, 11) is 0. The number of hydrogen-bond donors (Lipinski definition) is 0. The minimum absolute atomic E-state index is 0.0393. The molecule has 0 atom stereocenters. The number of piperazine rings is 1. The lowest BCUT2D eigenvalue weighted by molar-refractivity contribution is -0.385. The second-order valence-electron chi connectivity index (χ2n) is 6.38. The summed E-state index contributed by atoms with van der Waals surface area (Å²) in [5.74, 6) is -0.350. The maximum Gasteiger partial charge on any atom is 0.320 e. The fourth-order valence-electron chi connectivity index (χ4n) is 3.37. The van der Waals surface area contributed by atoms with Gasteiger partial charge < -0.3 is 14.7 Å². The van der Waals surface area contributed by atoms with Crippen LogP contribution >= 0.6 is 0 Å². The zero-order valence-corrected chi connectivity index (χ0v) is 14.1. The van der Waals surface area contributed by atoms with Gasteiger partial charge in [0.15, 0.2) is 0 Å². The number of benzene rings is 1. The number of amides is 3. The summed E-state index contributed by atoms with van der Waals surface area (Å²) in [6.07, 6.45) is 3.26. The maximum absolute atomic E-state index is 12.6. The fraction of sp³-hybridized carbons (Fsp3) is 0.529. The molecular formula is C17H22N4O4. The molecule has 0 aromatic heterocycles. The highest BCUT2D eigenvalue weighted by Crippen LogP contribution is 2.21. The van der Waals surface area contributed by atoms with E-state index >= 15 is 0 Å². The Morgan fingerprint density at radius 1 is 0.840 bits per heavy atom. The lowest BCUT2D eigenvalue weighted by Crippen LogP contribution is -2.54. The van der Waals surface area contributed by atoms with E-state index in [1.165, 1.54) is 18.6 Å². The molecule has 2 saturated heterocycles. The SMILES string of the molecule is O=C(c1ccccc1[N+](=O)[O-])N1CCN(C(=O)N2CCCCC2)CC1. The molecular weight excluding hydrogens is 324 g/mol. The molecule has 8 heteroatoms. The molecule has 2 aliphatic rings. The zero-order valence-electron chi connectivity index (χ0n) is 14.1. The Hall–Kier alpha value is -2.64. The largest absolute Gasteiger partial charge is 0.335 e. The quantitative estimate of drug-likeness (QED) is 0.605. The minimum Gasteiger partial charge on any atom is -0.335 e. The second kappa shape index (κ2) is 7.50. The normalized spacial score (nSPS) is 18.2. The van der Waals surface area contributed by atoms with Gasteiger partial charge in [-0.1, -0.05) is 12.1 Å². The van der Waals surface area contributed by atoms with E-state index in [2.05, 4.69) is 0 Å². The van der Waals surface area contributed by atoms with Crippen LogP contribution in [0.25, 0.3) is 0 Å². The van der Waals surface area contributed by atoms with Crippen LogP contribution in [0.2, 0.25) is 0 Å². The van der Waals surface area contributed by atoms with Gasteiger partial charge in [-0.25, -0.2) is 4.79 Å². The number of hydrogen-bond acceptors (Lipinski definition) is 4. The Labute approximate surface area is 146 Å². The van der Waals surface area contributed by atoms with Gasteiger partial charge in [-0.05, 0) is 25.3 Å². The third kappa shape index (κ3) is 3.72. The number of nitrogens with zero attached hydrogens (tertiary/aromatic N) is 4. The highest BCUT2D eigenvalue weighted by Gasteiger charge is 2.30. The molecule has 0 bridgehead atoms. The standard InChI is InChI=1S/C17H22N4O4/c22-16(14-6-2-3-7-15(14)21(24)25)18-10-12-20(13-11-18)17(23)19-8-4-1-5-9-19/h2-3,6-7H,1,4-5,8-13H2. The molecule has 0 unspecified atom stereocenters. The Kier molecular flexibility index (Phi) is 5.16. The first-order chi connectivity index (χ1) is 12.1. The van der Waals surface area contributed by atoms with Crippen molar-refractivity contribution in [2.75, 3.05) is 39.3 Å². The van der Waals surface area contributed by atoms with Gasteiger partial charge in [0, 0.05) is 45.3 Å². The smallest absolute Gasteiger partial charge is 0.320 e. The summed E-state index contributed by atoms with van der Waals surface area (Å²) < 4.78 is 0. The van der Waals surface area contributed by atoms with Crippen molar-refractivity contribution in [3.05, 3.63) is 39.9 Å². The van der Waals surface area contributed by atoms with E-state index in [0.717, 1.165) is 25.9 Å². The number of carbonyl (C=O) groups excluding carboxylic acids is 2.